The van der Waals surface area contributed by atoms with Gasteiger partial charge in [-0.15, -0.1) is 0 Å². The van der Waals surface area contributed by atoms with E-state index in [2.05, 4.69) is 31.4 Å². The lowest BCUT2D eigenvalue weighted by Crippen LogP contribution is -2.24. The van der Waals surface area contributed by atoms with Crippen molar-refractivity contribution in [2.24, 2.45) is 5.10 Å². The molecule has 1 heterocycles. The Bertz CT molecular complexity index is 1520. The van der Waals surface area contributed by atoms with Crippen LogP contribution in [-0.2, 0) is 4.79 Å². The van der Waals surface area contributed by atoms with Crippen molar-refractivity contribution in [1.29, 1.82) is 0 Å². The summed E-state index contributed by atoms with van der Waals surface area (Å²) in [6.07, 6.45) is 0. The number of para-hydroxylation sites is 1. The Balaban J connectivity index is 1.56. The summed E-state index contributed by atoms with van der Waals surface area (Å²) < 4.78 is 2.35. The molecular formula is C24H18BrN5O4S. The summed E-state index contributed by atoms with van der Waals surface area (Å²) in [7, 11) is 0. The number of fused-ring (bicyclic) bond motifs is 1. The number of hydrogen-bond acceptors (Lipinski definition) is 7. The number of amides is 1. The van der Waals surface area contributed by atoms with Crippen LogP contribution in [-0.4, -0.2) is 31.8 Å². The predicted molar refractivity (Wildman–Crippen MR) is 139 cm³/mol. The normalized spacial score (nSPS) is 11.4. The average molecular weight is 552 g/mol. The van der Waals surface area contributed by atoms with Crippen molar-refractivity contribution in [1.82, 2.24) is 15.0 Å². The highest BCUT2D eigenvalue weighted by Gasteiger charge is 2.15. The van der Waals surface area contributed by atoms with Gasteiger partial charge in [-0.25, -0.2) is 10.4 Å². The van der Waals surface area contributed by atoms with Gasteiger partial charge in [0, 0.05) is 22.2 Å². The minimum Gasteiger partial charge on any atom is -0.272 e. The molecule has 1 aromatic heterocycles. The fourth-order valence-electron chi connectivity index (χ4n) is 3.24. The number of benzene rings is 3. The Kier molecular flexibility index (Phi) is 7.37. The lowest BCUT2D eigenvalue weighted by atomic mass is 10.1. The first-order chi connectivity index (χ1) is 16.8. The third kappa shape index (κ3) is 5.64. The number of halogens is 1. The Labute approximate surface area is 212 Å². The van der Waals surface area contributed by atoms with Crippen molar-refractivity contribution in [2.45, 2.75) is 12.1 Å². The topological polar surface area (TPSA) is 119 Å². The molecule has 0 saturated carbocycles. The van der Waals surface area contributed by atoms with Gasteiger partial charge in [-0.1, -0.05) is 52.0 Å². The van der Waals surface area contributed by atoms with Gasteiger partial charge >= 0.3 is 0 Å². The molecule has 0 saturated heterocycles. The molecule has 0 aliphatic rings. The molecule has 0 aliphatic carbocycles. The van der Waals surface area contributed by atoms with E-state index in [9.17, 15) is 19.7 Å². The molecule has 11 heteroatoms. The number of nitrogens with one attached hydrogen (secondary N) is 1. The maximum Gasteiger partial charge on any atom is 0.270 e. The minimum atomic E-state index is -0.493. The average Bonchev–Trinajstić information content (AvgIpc) is 2.87. The third-order valence-corrected chi connectivity index (χ3v) is 6.45. The highest BCUT2D eigenvalue weighted by molar-refractivity contribution is 9.10. The molecule has 35 heavy (non-hydrogen) atoms. The number of nitrogens with zero attached hydrogens (tertiary/aromatic N) is 4. The number of rotatable bonds is 7. The van der Waals surface area contributed by atoms with Gasteiger partial charge < -0.3 is 0 Å². The number of non-ortho nitro benzene ring substituents is 1. The smallest absolute Gasteiger partial charge is 0.270 e. The predicted octanol–water partition coefficient (Wildman–Crippen LogP) is 4.69. The number of carbonyl (C=O) groups is 1. The van der Waals surface area contributed by atoms with Gasteiger partial charge in [0.05, 0.1) is 33.0 Å². The quantitative estimate of drug-likeness (QED) is 0.117. The van der Waals surface area contributed by atoms with Crippen LogP contribution in [0, 0.1) is 10.1 Å². The van der Waals surface area contributed by atoms with Gasteiger partial charge in [0.15, 0.2) is 5.16 Å². The highest BCUT2D eigenvalue weighted by atomic mass is 79.9. The number of carbonyl (C=O) groups excluding carboxylic acids is 1. The van der Waals surface area contributed by atoms with Crippen LogP contribution in [0.5, 0.6) is 0 Å². The molecular weight excluding hydrogens is 534 g/mol. The molecule has 0 fully saturated rings. The number of hydrogen-bond donors (Lipinski definition) is 1. The van der Waals surface area contributed by atoms with Crippen molar-refractivity contribution in [3.05, 3.63) is 103 Å². The second kappa shape index (κ2) is 10.6. The summed E-state index contributed by atoms with van der Waals surface area (Å²) >= 11 is 4.50. The van der Waals surface area contributed by atoms with Gasteiger partial charge in [-0.3, -0.25) is 24.3 Å². The molecule has 4 rings (SSSR count). The lowest BCUT2D eigenvalue weighted by molar-refractivity contribution is -0.384. The molecule has 0 spiro atoms. The van der Waals surface area contributed by atoms with Crippen LogP contribution in [0.25, 0.3) is 16.6 Å². The first-order valence-corrected chi connectivity index (χ1v) is 12.1. The Hall–Kier alpha value is -3.83. The van der Waals surface area contributed by atoms with E-state index in [0.717, 1.165) is 16.2 Å². The van der Waals surface area contributed by atoms with Gasteiger partial charge in [0.25, 0.3) is 17.2 Å². The zero-order valence-electron chi connectivity index (χ0n) is 18.3. The molecule has 176 valence electrons. The molecule has 0 radical (unpaired) electrons. The maximum absolute atomic E-state index is 13.3. The zero-order chi connectivity index (χ0) is 24.9. The number of nitro benzene ring substituents is 1. The van der Waals surface area contributed by atoms with E-state index in [1.807, 2.05) is 12.1 Å². The summed E-state index contributed by atoms with van der Waals surface area (Å²) in [5, 5.41) is 15.9. The SMILES string of the molecule is C/C(=N/NC(=O)CSc1nc2ccccc2c(=O)n1-c1ccc(Br)cc1)c1cccc([N+](=O)[O-])c1. The van der Waals surface area contributed by atoms with Crippen LogP contribution in [0.2, 0.25) is 0 Å². The van der Waals surface area contributed by atoms with Crippen LogP contribution in [0.15, 0.2) is 92.3 Å². The number of thioether (sulfide) groups is 1. The minimum absolute atomic E-state index is 0.0486. The number of hydrazone groups is 1. The first-order valence-electron chi connectivity index (χ1n) is 10.3. The third-order valence-electron chi connectivity index (χ3n) is 4.99. The summed E-state index contributed by atoms with van der Waals surface area (Å²) in [5.41, 5.74) is 4.26. The molecule has 0 aliphatic heterocycles. The second-order valence-corrected chi connectivity index (χ2v) is 9.21. The van der Waals surface area contributed by atoms with Crippen LogP contribution >= 0.6 is 27.7 Å². The van der Waals surface area contributed by atoms with E-state index in [0.29, 0.717) is 33.0 Å². The molecule has 0 unspecified atom stereocenters. The van der Waals surface area contributed by atoms with Gasteiger partial charge in [-0.05, 0) is 43.3 Å². The van der Waals surface area contributed by atoms with E-state index >= 15 is 0 Å². The van der Waals surface area contributed by atoms with E-state index in [1.165, 1.54) is 16.7 Å². The molecule has 9 nitrogen and oxygen atoms in total. The van der Waals surface area contributed by atoms with Crippen molar-refractivity contribution < 1.29 is 9.72 Å². The van der Waals surface area contributed by atoms with E-state index in [1.54, 1.807) is 55.5 Å². The van der Waals surface area contributed by atoms with Crippen molar-refractivity contribution in [3.8, 4) is 5.69 Å². The summed E-state index contributed by atoms with van der Waals surface area (Å²) in [4.78, 5) is 40.8. The Morgan fingerprint density at radius 1 is 1.14 bits per heavy atom. The van der Waals surface area contributed by atoms with Crippen molar-refractivity contribution in [2.75, 3.05) is 5.75 Å². The fourth-order valence-corrected chi connectivity index (χ4v) is 4.31. The zero-order valence-corrected chi connectivity index (χ0v) is 20.7. The summed E-state index contributed by atoms with van der Waals surface area (Å²) in [6.45, 7) is 1.64. The molecule has 0 atom stereocenters. The Morgan fingerprint density at radius 2 is 1.89 bits per heavy atom. The van der Waals surface area contributed by atoms with Crippen LogP contribution in [0.1, 0.15) is 12.5 Å². The molecule has 4 aromatic rings. The van der Waals surface area contributed by atoms with Crippen LogP contribution in [0.3, 0.4) is 0 Å². The number of aromatic nitrogens is 2. The number of nitro groups is 1. The van der Waals surface area contributed by atoms with Crippen molar-refractivity contribution >= 4 is 55.9 Å². The molecule has 1 amide bonds. The monoisotopic (exact) mass is 551 g/mol. The largest absolute Gasteiger partial charge is 0.272 e. The van der Waals surface area contributed by atoms with Crippen molar-refractivity contribution in [3.63, 3.8) is 0 Å². The highest BCUT2D eigenvalue weighted by Crippen LogP contribution is 2.22. The standard InChI is InChI=1S/C24H18BrN5O4S/c1-15(16-5-4-6-19(13-16)30(33)34)27-28-22(31)14-35-24-26-21-8-3-2-7-20(21)23(32)29(24)18-11-9-17(25)10-12-18/h2-13H,14H2,1H3,(H,28,31)/b27-15-. The van der Waals surface area contributed by atoms with E-state index in [4.69, 9.17) is 0 Å². The van der Waals surface area contributed by atoms with Crippen LogP contribution in [0.4, 0.5) is 5.69 Å². The first kappa shape index (κ1) is 24.3. The molecule has 0 bridgehead atoms. The molecule has 1 N–H and O–H groups in total. The van der Waals surface area contributed by atoms with Crippen LogP contribution < -0.4 is 11.0 Å². The second-order valence-electron chi connectivity index (χ2n) is 7.36. The Morgan fingerprint density at radius 3 is 2.63 bits per heavy atom. The fraction of sp³-hybridized carbons (Fsp3) is 0.0833. The van der Waals surface area contributed by atoms with E-state index < -0.39 is 10.8 Å². The molecule has 3 aromatic carbocycles. The van der Waals surface area contributed by atoms with E-state index in [-0.39, 0.29) is 17.0 Å². The summed E-state index contributed by atoms with van der Waals surface area (Å²) in [5.74, 6) is -0.461. The summed E-state index contributed by atoms with van der Waals surface area (Å²) in [6, 6.07) is 20.3. The van der Waals surface area contributed by atoms with Gasteiger partial charge in [-0.2, -0.15) is 5.10 Å². The maximum atomic E-state index is 13.3. The van der Waals surface area contributed by atoms with Gasteiger partial charge in [0.1, 0.15) is 0 Å². The lowest BCUT2D eigenvalue weighted by Gasteiger charge is -2.13. The van der Waals surface area contributed by atoms with Gasteiger partial charge in [0.2, 0.25) is 0 Å².